The van der Waals surface area contributed by atoms with Gasteiger partial charge in [-0.2, -0.15) is 0 Å². The van der Waals surface area contributed by atoms with E-state index >= 15 is 8.78 Å². The van der Waals surface area contributed by atoms with Gasteiger partial charge >= 0.3 is 0 Å². The summed E-state index contributed by atoms with van der Waals surface area (Å²) in [6, 6.07) is 10.9. The number of hydrogen-bond donors (Lipinski definition) is 0. The third kappa shape index (κ3) is 5.57. The third-order valence-corrected chi connectivity index (χ3v) is 7.79. The van der Waals surface area contributed by atoms with E-state index in [4.69, 9.17) is 9.47 Å². The molecule has 1 saturated carbocycles. The van der Waals surface area contributed by atoms with Crippen molar-refractivity contribution >= 4 is 6.08 Å². The zero-order valence-electron chi connectivity index (χ0n) is 20.2. The molecule has 186 valence electrons. The Morgan fingerprint density at radius 2 is 1.66 bits per heavy atom. The predicted octanol–water partition coefficient (Wildman–Crippen LogP) is 7.99. The van der Waals surface area contributed by atoms with Gasteiger partial charge in [0, 0.05) is 17.4 Å². The van der Waals surface area contributed by atoms with Gasteiger partial charge in [-0.25, -0.2) is 13.2 Å². The summed E-state index contributed by atoms with van der Waals surface area (Å²) in [5.41, 5.74) is 2.42. The second-order valence-electron chi connectivity index (χ2n) is 10.1. The Morgan fingerprint density at radius 1 is 0.914 bits per heavy atom. The molecule has 0 aromatic heterocycles. The Morgan fingerprint density at radius 3 is 2.31 bits per heavy atom. The second-order valence-corrected chi connectivity index (χ2v) is 10.1. The van der Waals surface area contributed by atoms with Crippen molar-refractivity contribution in [2.24, 2.45) is 11.8 Å². The van der Waals surface area contributed by atoms with E-state index in [0.29, 0.717) is 17.7 Å². The molecule has 5 rings (SSSR count). The number of epoxide rings is 1. The third-order valence-electron chi connectivity index (χ3n) is 7.79. The highest BCUT2D eigenvalue weighted by Crippen LogP contribution is 2.39. The van der Waals surface area contributed by atoms with Crippen molar-refractivity contribution in [1.29, 1.82) is 0 Å². The highest BCUT2D eigenvalue weighted by atomic mass is 19.2. The van der Waals surface area contributed by atoms with Crippen molar-refractivity contribution in [3.63, 3.8) is 0 Å². The average Bonchev–Trinajstić information content (AvgIpc) is 3.72. The number of allylic oxidation sites excluding steroid dienone is 1. The first-order chi connectivity index (χ1) is 17.0. The number of rotatable bonds is 7. The first-order valence-corrected chi connectivity index (χ1v) is 12.8. The monoisotopic (exact) mass is 482 g/mol. The molecule has 0 spiro atoms. The summed E-state index contributed by atoms with van der Waals surface area (Å²) in [5.74, 6) is -1.59. The highest BCUT2D eigenvalue weighted by molar-refractivity contribution is 5.67. The average molecular weight is 483 g/mol. The predicted molar refractivity (Wildman–Crippen MR) is 133 cm³/mol. The van der Waals surface area contributed by atoms with E-state index in [1.54, 1.807) is 18.2 Å². The van der Waals surface area contributed by atoms with Crippen LogP contribution in [0.4, 0.5) is 13.2 Å². The molecule has 0 radical (unpaired) electrons. The first kappa shape index (κ1) is 24.3. The molecule has 0 bridgehead atoms. The molecule has 0 N–H and O–H groups in total. The molecule has 2 fully saturated rings. The maximum absolute atomic E-state index is 15.1. The number of hydrogen-bond acceptors (Lipinski definition) is 2. The molecule has 1 aliphatic heterocycles. The van der Waals surface area contributed by atoms with Crippen molar-refractivity contribution < 1.29 is 22.6 Å². The lowest BCUT2D eigenvalue weighted by atomic mass is 9.81. The van der Waals surface area contributed by atoms with Crippen molar-refractivity contribution in [1.82, 2.24) is 0 Å². The molecule has 5 heteroatoms. The number of benzene rings is 2. The van der Waals surface area contributed by atoms with Gasteiger partial charge in [-0.1, -0.05) is 48.6 Å². The smallest absolute Gasteiger partial charge is 0.166 e. The summed E-state index contributed by atoms with van der Waals surface area (Å²) in [4.78, 5) is 0. The molecule has 3 atom stereocenters. The van der Waals surface area contributed by atoms with Gasteiger partial charge in [-0.05, 0) is 74.1 Å². The standard InChI is InChI=1S/C30H33F3O2/c1-2-3-19-4-6-20(7-5-19)25-14-15-26(30(33)29(25)32)21-10-12-24(13-11-21)34-17-23-9-8-22(16-27(23)31)28-18-35-28/h2-7,14-16,21-24,28H,8-13,17-18H2,1H3/b3-2+. The van der Waals surface area contributed by atoms with Crippen LogP contribution in [-0.4, -0.2) is 25.4 Å². The van der Waals surface area contributed by atoms with Crippen LogP contribution in [0.25, 0.3) is 17.2 Å². The molecule has 2 aromatic carbocycles. The zero-order valence-corrected chi connectivity index (χ0v) is 20.2. The van der Waals surface area contributed by atoms with Crippen molar-refractivity contribution in [2.75, 3.05) is 13.2 Å². The van der Waals surface area contributed by atoms with Gasteiger partial charge < -0.3 is 9.47 Å². The molecule has 1 heterocycles. The van der Waals surface area contributed by atoms with E-state index in [9.17, 15) is 4.39 Å². The van der Waals surface area contributed by atoms with E-state index in [1.807, 2.05) is 43.3 Å². The molecule has 35 heavy (non-hydrogen) atoms. The molecule has 1 saturated heterocycles. The van der Waals surface area contributed by atoms with Gasteiger partial charge in [0.1, 0.15) is 5.83 Å². The Balaban J connectivity index is 1.16. The van der Waals surface area contributed by atoms with E-state index in [1.165, 1.54) is 0 Å². The molecule has 0 amide bonds. The van der Waals surface area contributed by atoms with Crippen LogP contribution in [0.15, 0.2) is 54.4 Å². The summed E-state index contributed by atoms with van der Waals surface area (Å²) < 4.78 is 55.9. The van der Waals surface area contributed by atoms with Crippen LogP contribution in [0.3, 0.4) is 0 Å². The summed E-state index contributed by atoms with van der Waals surface area (Å²) in [5, 5.41) is 0. The van der Waals surface area contributed by atoms with Gasteiger partial charge in [0.05, 0.1) is 25.4 Å². The Labute approximate surface area is 205 Å². The Hall–Kier alpha value is -2.37. The summed E-state index contributed by atoms with van der Waals surface area (Å²) in [7, 11) is 0. The number of ether oxygens (including phenoxy) is 2. The minimum atomic E-state index is -0.783. The molecule has 3 unspecified atom stereocenters. The van der Waals surface area contributed by atoms with Crippen LogP contribution in [0.5, 0.6) is 0 Å². The molecular formula is C30H33F3O2. The largest absolute Gasteiger partial charge is 0.377 e. The quantitative estimate of drug-likeness (QED) is 0.373. The normalized spacial score (nSPS) is 28.8. The lowest BCUT2D eigenvalue weighted by Gasteiger charge is -2.31. The fraction of sp³-hybridized carbons (Fsp3) is 0.467. The molecule has 2 nitrogen and oxygen atoms in total. The minimum absolute atomic E-state index is 0.0268. The van der Waals surface area contributed by atoms with Crippen LogP contribution >= 0.6 is 0 Å². The number of halogens is 3. The van der Waals surface area contributed by atoms with E-state index < -0.39 is 11.6 Å². The molecule has 3 aliphatic rings. The van der Waals surface area contributed by atoms with Crippen LogP contribution < -0.4 is 0 Å². The van der Waals surface area contributed by atoms with Crippen LogP contribution in [-0.2, 0) is 9.47 Å². The van der Waals surface area contributed by atoms with Crippen molar-refractivity contribution in [3.05, 3.63) is 77.1 Å². The summed E-state index contributed by atoms with van der Waals surface area (Å²) in [6.45, 7) is 3.07. The summed E-state index contributed by atoms with van der Waals surface area (Å²) >= 11 is 0. The molecule has 2 aromatic rings. The maximum Gasteiger partial charge on any atom is 0.166 e. The zero-order chi connectivity index (χ0) is 24.4. The van der Waals surface area contributed by atoms with Gasteiger partial charge in [-0.3, -0.25) is 0 Å². The van der Waals surface area contributed by atoms with Gasteiger partial charge in [0.2, 0.25) is 0 Å². The van der Waals surface area contributed by atoms with Gasteiger partial charge in [0.15, 0.2) is 11.6 Å². The van der Waals surface area contributed by atoms with Gasteiger partial charge in [0.25, 0.3) is 0 Å². The molecular weight excluding hydrogens is 449 g/mol. The van der Waals surface area contributed by atoms with Crippen LogP contribution in [0.1, 0.15) is 62.5 Å². The highest BCUT2D eigenvalue weighted by Gasteiger charge is 2.36. The topological polar surface area (TPSA) is 21.8 Å². The van der Waals surface area contributed by atoms with Crippen LogP contribution in [0, 0.1) is 23.5 Å². The maximum atomic E-state index is 15.1. The lowest BCUT2D eigenvalue weighted by molar-refractivity contribution is 0.00336. The second kappa shape index (κ2) is 10.7. The van der Waals surface area contributed by atoms with Crippen LogP contribution in [0.2, 0.25) is 0 Å². The van der Waals surface area contributed by atoms with E-state index in [0.717, 1.165) is 50.7 Å². The van der Waals surface area contributed by atoms with Crippen molar-refractivity contribution in [3.8, 4) is 11.1 Å². The Kier molecular flexibility index (Phi) is 7.45. The first-order valence-electron chi connectivity index (χ1n) is 12.8. The fourth-order valence-corrected chi connectivity index (χ4v) is 5.58. The van der Waals surface area contributed by atoms with Crippen molar-refractivity contribution in [2.45, 2.75) is 63.6 Å². The van der Waals surface area contributed by atoms with E-state index in [-0.39, 0.29) is 41.4 Å². The summed E-state index contributed by atoms with van der Waals surface area (Å²) in [6.07, 6.45) is 10.6. The lowest BCUT2D eigenvalue weighted by Crippen LogP contribution is -2.26. The molecule has 2 aliphatic carbocycles. The van der Waals surface area contributed by atoms with Gasteiger partial charge in [-0.15, -0.1) is 0 Å². The van der Waals surface area contributed by atoms with E-state index in [2.05, 4.69) is 0 Å². The minimum Gasteiger partial charge on any atom is -0.377 e. The SMILES string of the molecule is C/C=C/c1ccc(-c2ccc(C3CCC(OCC4CCC(C5CO5)C=C4F)CC3)c(F)c2F)cc1. The Bertz CT molecular complexity index is 1080. The fourth-order valence-electron chi connectivity index (χ4n) is 5.58.